The Morgan fingerprint density at radius 2 is 2.00 bits per heavy atom. The van der Waals surface area contributed by atoms with Gasteiger partial charge in [-0.2, -0.15) is 15.0 Å². The lowest BCUT2D eigenvalue weighted by atomic mass is 10.3. The number of nitrogens with zero attached hydrogens (tertiary/aromatic N) is 4. The molecule has 21 heavy (non-hydrogen) atoms. The molecule has 0 amide bonds. The van der Waals surface area contributed by atoms with Crippen molar-refractivity contribution in [2.75, 3.05) is 48.4 Å². The minimum atomic E-state index is 0.304. The normalized spacial score (nSPS) is 21.8. The Morgan fingerprint density at radius 3 is 2.71 bits per heavy atom. The lowest BCUT2D eigenvalue weighted by Gasteiger charge is -2.18. The van der Waals surface area contributed by atoms with E-state index in [1.54, 1.807) is 0 Å². The summed E-state index contributed by atoms with van der Waals surface area (Å²) in [5.41, 5.74) is 0. The van der Waals surface area contributed by atoms with Gasteiger partial charge in [0.05, 0.1) is 12.6 Å². The van der Waals surface area contributed by atoms with E-state index in [0.29, 0.717) is 17.9 Å². The van der Waals surface area contributed by atoms with E-state index in [1.807, 2.05) is 0 Å². The van der Waals surface area contributed by atoms with Crippen LogP contribution in [0.2, 0.25) is 0 Å². The predicted molar refractivity (Wildman–Crippen MR) is 82.9 cm³/mol. The highest BCUT2D eigenvalue weighted by Crippen LogP contribution is 2.19. The summed E-state index contributed by atoms with van der Waals surface area (Å²) in [5, 5.41) is 6.63. The highest BCUT2D eigenvalue weighted by molar-refractivity contribution is 5.44. The van der Waals surface area contributed by atoms with E-state index < -0.39 is 0 Å². The van der Waals surface area contributed by atoms with Crippen molar-refractivity contribution in [2.45, 2.75) is 38.6 Å². The molecular formula is C14H24N6O. The third kappa shape index (κ3) is 3.72. The first-order valence-electron chi connectivity index (χ1n) is 7.94. The number of hydrogen-bond donors (Lipinski definition) is 2. The van der Waals surface area contributed by atoms with Crippen molar-refractivity contribution in [3.8, 4) is 0 Å². The van der Waals surface area contributed by atoms with Crippen LogP contribution in [0.25, 0.3) is 0 Å². The molecule has 0 radical (unpaired) electrons. The summed E-state index contributed by atoms with van der Waals surface area (Å²) in [6, 6.07) is 0.304. The quantitative estimate of drug-likeness (QED) is 0.822. The van der Waals surface area contributed by atoms with Crippen molar-refractivity contribution in [3.63, 3.8) is 0 Å². The molecule has 3 heterocycles. The van der Waals surface area contributed by atoms with Gasteiger partial charge in [0.2, 0.25) is 17.8 Å². The maximum absolute atomic E-state index is 5.39. The summed E-state index contributed by atoms with van der Waals surface area (Å²) < 4.78 is 5.39. The number of nitrogens with one attached hydrogen (secondary N) is 2. The molecule has 0 aliphatic carbocycles. The minimum absolute atomic E-state index is 0.304. The number of ether oxygens (including phenoxy) is 1. The van der Waals surface area contributed by atoms with E-state index in [2.05, 4.69) is 37.4 Å². The van der Waals surface area contributed by atoms with Gasteiger partial charge in [0.25, 0.3) is 0 Å². The molecule has 2 fully saturated rings. The molecular weight excluding hydrogens is 268 g/mol. The van der Waals surface area contributed by atoms with Crippen LogP contribution in [0, 0.1) is 0 Å². The summed E-state index contributed by atoms with van der Waals surface area (Å²) >= 11 is 0. The van der Waals surface area contributed by atoms with Gasteiger partial charge in [0.15, 0.2) is 0 Å². The van der Waals surface area contributed by atoms with Crippen molar-refractivity contribution < 1.29 is 4.74 Å². The molecule has 2 saturated heterocycles. The Bertz CT molecular complexity index is 457. The highest BCUT2D eigenvalue weighted by Gasteiger charge is 2.20. The summed E-state index contributed by atoms with van der Waals surface area (Å²) in [5.74, 6) is 2.10. The van der Waals surface area contributed by atoms with Gasteiger partial charge in [-0.3, -0.25) is 0 Å². The lowest BCUT2D eigenvalue weighted by molar-refractivity contribution is 0.195. The zero-order valence-corrected chi connectivity index (χ0v) is 12.6. The first-order chi connectivity index (χ1) is 10.3. The third-order valence-electron chi connectivity index (χ3n) is 3.81. The number of rotatable bonds is 6. The Kier molecular flexibility index (Phi) is 4.69. The van der Waals surface area contributed by atoms with Crippen molar-refractivity contribution in [1.82, 2.24) is 15.0 Å². The topological polar surface area (TPSA) is 75.2 Å². The Hall–Kier alpha value is -1.63. The fraction of sp³-hybridized carbons (Fsp3) is 0.786. The largest absolute Gasteiger partial charge is 0.379 e. The van der Waals surface area contributed by atoms with Crippen molar-refractivity contribution in [3.05, 3.63) is 0 Å². The zero-order chi connectivity index (χ0) is 14.5. The molecule has 1 aromatic heterocycles. The summed E-state index contributed by atoms with van der Waals surface area (Å²) in [7, 11) is 0. The molecule has 1 unspecified atom stereocenters. The van der Waals surface area contributed by atoms with E-state index in [9.17, 15) is 0 Å². The van der Waals surface area contributed by atoms with E-state index in [1.165, 1.54) is 12.8 Å². The van der Waals surface area contributed by atoms with Crippen LogP contribution in [-0.2, 0) is 4.74 Å². The summed E-state index contributed by atoms with van der Waals surface area (Å²) in [6.45, 7) is 6.59. The minimum Gasteiger partial charge on any atom is -0.379 e. The van der Waals surface area contributed by atoms with Crippen molar-refractivity contribution >= 4 is 17.8 Å². The van der Waals surface area contributed by atoms with Gasteiger partial charge in [0, 0.05) is 26.2 Å². The molecule has 0 aromatic carbocycles. The lowest BCUT2D eigenvalue weighted by Crippen LogP contribution is -2.25. The van der Waals surface area contributed by atoms with Gasteiger partial charge >= 0.3 is 0 Å². The number of aromatic nitrogens is 3. The van der Waals surface area contributed by atoms with Gasteiger partial charge in [-0.15, -0.1) is 0 Å². The van der Waals surface area contributed by atoms with Gasteiger partial charge in [0.1, 0.15) is 0 Å². The first-order valence-corrected chi connectivity index (χ1v) is 7.94. The average Bonchev–Trinajstić information content (AvgIpc) is 3.18. The molecule has 0 spiro atoms. The molecule has 7 heteroatoms. The van der Waals surface area contributed by atoms with Gasteiger partial charge < -0.3 is 20.3 Å². The SMILES string of the molecule is CCCNc1nc(NC2CCOC2)nc(N2CCCC2)n1. The van der Waals surface area contributed by atoms with E-state index in [-0.39, 0.29) is 0 Å². The van der Waals surface area contributed by atoms with Gasteiger partial charge in [-0.25, -0.2) is 0 Å². The van der Waals surface area contributed by atoms with Crippen LogP contribution in [0.4, 0.5) is 17.8 Å². The van der Waals surface area contributed by atoms with E-state index in [0.717, 1.165) is 51.6 Å². The Morgan fingerprint density at radius 1 is 1.19 bits per heavy atom. The van der Waals surface area contributed by atoms with Crippen LogP contribution in [0.5, 0.6) is 0 Å². The Labute approximate surface area is 125 Å². The molecule has 0 saturated carbocycles. The van der Waals surface area contributed by atoms with Crippen LogP contribution in [0.3, 0.4) is 0 Å². The van der Waals surface area contributed by atoms with Crippen LogP contribution >= 0.6 is 0 Å². The maximum Gasteiger partial charge on any atom is 0.231 e. The molecule has 116 valence electrons. The third-order valence-corrected chi connectivity index (χ3v) is 3.81. The molecule has 0 bridgehead atoms. The number of hydrogen-bond acceptors (Lipinski definition) is 7. The van der Waals surface area contributed by atoms with Crippen LogP contribution in [0.1, 0.15) is 32.6 Å². The van der Waals surface area contributed by atoms with Gasteiger partial charge in [-0.05, 0) is 25.7 Å². The van der Waals surface area contributed by atoms with Crippen LogP contribution in [0.15, 0.2) is 0 Å². The molecule has 7 nitrogen and oxygen atoms in total. The smallest absolute Gasteiger partial charge is 0.231 e. The molecule has 1 aromatic rings. The monoisotopic (exact) mass is 292 g/mol. The second kappa shape index (κ2) is 6.89. The van der Waals surface area contributed by atoms with Gasteiger partial charge in [-0.1, -0.05) is 6.92 Å². The maximum atomic E-state index is 5.39. The second-order valence-corrected chi connectivity index (χ2v) is 5.61. The molecule has 2 aliphatic rings. The zero-order valence-electron chi connectivity index (χ0n) is 12.6. The van der Waals surface area contributed by atoms with Crippen molar-refractivity contribution in [2.24, 2.45) is 0 Å². The van der Waals surface area contributed by atoms with Crippen LogP contribution in [-0.4, -0.2) is 53.8 Å². The first kappa shape index (κ1) is 14.3. The summed E-state index contributed by atoms with van der Waals surface area (Å²) in [6.07, 6.45) is 4.47. The van der Waals surface area contributed by atoms with E-state index in [4.69, 9.17) is 4.74 Å². The van der Waals surface area contributed by atoms with Crippen molar-refractivity contribution in [1.29, 1.82) is 0 Å². The standard InChI is InChI=1S/C14H24N6O/c1-2-6-15-12-17-13(16-11-5-9-21-10-11)19-14(18-12)20-7-3-4-8-20/h11H,2-10H2,1H3,(H2,15,16,17,18,19). The highest BCUT2D eigenvalue weighted by atomic mass is 16.5. The van der Waals surface area contributed by atoms with E-state index >= 15 is 0 Å². The second-order valence-electron chi connectivity index (χ2n) is 5.61. The fourth-order valence-electron chi connectivity index (χ4n) is 2.63. The number of anilines is 3. The fourth-order valence-corrected chi connectivity index (χ4v) is 2.63. The molecule has 2 N–H and O–H groups in total. The average molecular weight is 292 g/mol. The summed E-state index contributed by atoms with van der Waals surface area (Å²) in [4.78, 5) is 15.8. The van der Waals surface area contributed by atoms with Crippen LogP contribution < -0.4 is 15.5 Å². The molecule has 2 aliphatic heterocycles. The Balaban J connectivity index is 1.77. The predicted octanol–water partition coefficient (Wildman–Crippen LogP) is 1.49. The molecule has 3 rings (SSSR count). The molecule has 1 atom stereocenters.